The minimum atomic E-state index is -0.824. The number of piperidine rings is 1. The van der Waals surface area contributed by atoms with Crippen LogP contribution in [-0.2, 0) is 11.2 Å². The molecule has 0 radical (unpaired) electrons. The molecule has 0 spiro atoms. The number of carboxylic acids is 1. The van der Waals surface area contributed by atoms with Crippen LogP contribution in [-0.4, -0.2) is 44.6 Å². The number of hydrogen-bond acceptors (Lipinski definition) is 3. The maximum atomic E-state index is 12.9. The van der Waals surface area contributed by atoms with Crippen molar-refractivity contribution in [2.45, 2.75) is 19.3 Å². The van der Waals surface area contributed by atoms with E-state index in [0.29, 0.717) is 32.4 Å². The fourth-order valence-electron chi connectivity index (χ4n) is 3.84. The van der Waals surface area contributed by atoms with Gasteiger partial charge in [0.25, 0.3) is 0 Å². The molecule has 6 heteroatoms. The minimum absolute atomic E-state index is 0.151. The first-order valence-corrected chi connectivity index (χ1v) is 9.08. The highest BCUT2D eigenvalue weighted by Gasteiger charge is 2.42. The molecule has 6 nitrogen and oxygen atoms in total. The standard InChI is InChI=1S/C21H21N3O3/c25-19(26)21(14-16-6-2-1-3-7-16)10-12-23(13-11-21)20(27)24-15-22-17-8-4-5-9-18(17)24/h1-9,15H,10-14H2,(H,25,26). The Morgan fingerprint density at radius 2 is 1.67 bits per heavy atom. The summed E-state index contributed by atoms with van der Waals surface area (Å²) in [6, 6.07) is 17.0. The number of carboxylic acid groups (broad SMARTS) is 1. The van der Waals surface area contributed by atoms with Crippen LogP contribution >= 0.6 is 0 Å². The summed E-state index contributed by atoms with van der Waals surface area (Å²) < 4.78 is 1.54. The van der Waals surface area contributed by atoms with Crippen LogP contribution in [0.4, 0.5) is 4.79 Å². The molecule has 3 aromatic rings. The quantitative estimate of drug-likeness (QED) is 0.774. The summed E-state index contributed by atoms with van der Waals surface area (Å²) in [6.45, 7) is 0.842. The zero-order chi connectivity index (χ0) is 18.9. The van der Waals surface area contributed by atoms with Crippen molar-refractivity contribution in [2.24, 2.45) is 5.41 Å². The predicted molar refractivity (Wildman–Crippen MR) is 102 cm³/mol. The molecule has 0 unspecified atom stereocenters. The molecule has 1 aliphatic rings. The summed E-state index contributed by atoms with van der Waals surface area (Å²) in [5.41, 5.74) is 1.73. The van der Waals surface area contributed by atoms with Gasteiger partial charge in [-0.2, -0.15) is 0 Å². The number of carbonyl (C=O) groups is 2. The molecule has 1 aromatic heterocycles. The Morgan fingerprint density at radius 1 is 1.00 bits per heavy atom. The second kappa shape index (κ2) is 6.87. The fourth-order valence-corrected chi connectivity index (χ4v) is 3.84. The van der Waals surface area contributed by atoms with Crippen molar-refractivity contribution in [3.63, 3.8) is 0 Å². The van der Waals surface area contributed by atoms with Crippen molar-refractivity contribution in [1.29, 1.82) is 0 Å². The molecule has 1 amide bonds. The summed E-state index contributed by atoms with van der Waals surface area (Å²) in [4.78, 5) is 30.9. The van der Waals surface area contributed by atoms with Gasteiger partial charge in [0, 0.05) is 13.1 Å². The predicted octanol–water partition coefficient (Wildman–Crippen LogP) is 3.41. The van der Waals surface area contributed by atoms with Gasteiger partial charge in [0.05, 0.1) is 16.4 Å². The average molecular weight is 363 g/mol. The zero-order valence-corrected chi connectivity index (χ0v) is 14.9. The van der Waals surface area contributed by atoms with Gasteiger partial charge in [-0.3, -0.25) is 9.36 Å². The summed E-state index contributed by atoms with van der Waals surface area (Å²) in [7, 11) is 0. The zero-order valence-electron chi connectivity index (χ0n) is 14.9. The Balaban J connectivity index is 1.51. The monoisotopic (exact) mass is 363 g/mol. The molecule has 0 saturated carbocycles. The van der Waals surface area contributed by atoms with Gasteiger partial charge in [0.15, 0.2) is 0 Å². The summed E-state index contributed by atoms with van der Waals surface area (Å²) in [6.07, 6.45) is 2.90. The first-order chi connectivity index (χ1) is 13.1. The number of amides is 1. The van der Waals surface area contributed by atoms with Gasteiger partial charge in [-0.1, -0.05) is 42.5 Å². The lowest BCUT2D eigenvalue weighted by Gasteiger charge is -2.39. The number of aromatic nitrogens is 2. The molecule has 2 aromatic carbocycles. The number of fused-ring (bicyclic) bond motifs is 1. The molecule has 1 N–H and O–H groups in total. The number of likely N-dealkylation sites (tertiary alicyclic amines) is 1. The van der Waals surface area contributed by atoms with E-state index in [2.05, 4.69) is 4.98 Å². The van der Waals surface area contributed by atoms with Crippen LogP contribution in [0.5, 0.6) is 0 Å². The van der Waals surface area contributed by atoms with Crippen molar-refractivity contribution in [1.82, 2.24) is 14.5 Å². The number of nitrogens with zero attached hydrogens (tertiary/aromatic N) is 3. The van der Waals surface area contributed by atoms with Crippen LogP contribution in [0.2, 0.25) is 0 Å². The number of carbonyl (C=O) groups excluding carboxylic acids is 1. The Kier molecular flexibility index (Phi) is 4.39. The molecular weight excluding hydrogens is 342 g/mol. The van der Waals surface area contributed by atoms with Gasteiger partial charge in [-0.05, 0) is 37.0 Å². The third-order valence-electron chi connectivity index (χ3n) is 5.49. The minimum Gasteiger partial charge on any atom is -0.481 e. The van der Waals surface area contributed by atoms with Gasteiger partial charge in [0.1, 0.15) is 6.33 Å². The van der Waals surface area contributed by atoms with Crippen LogP contribution in [0.1, 0.15) is 18.4 Å². The number of rotatable bonds is 3. The van der Waals surface area contributed by atoms with E-state index in [9.17, 15) is 14.7 Å². The van der Waals surface area contributed by atoms with Crippen LogP contribution in [0.15, 0.2) is 60.9 Å². The summed E-state index contributed by atoms with van der Waals surface area (Å²) >= 11 is 0. The van der Waals surface area contributed by atoms with Crippen LogP contribution < -0.4 is 0 Å². The lowest BCUT2D eigenvalue weighted by molar-refractivity contribution is -0.151. The maximum Gasteiger partial charge on any atom is 0.329 e. The van der Waals surface area contributed by atoms with E-state index < -0.39 is 11.4 Å². The SMILES string of the molecule is O=C(N1CCC(Cc2ccccc2)(C(=O)O)CC1)n1cnc2ccccc21. The maximum absolute atomic E-state index is 12.9. The third kappa shape index (κ3) is 3.18. The highest BCUT2D eigenvalue weighted by Crippen LogP contribution is 2.36. The topological polar surface area (TPSA) is 75.4 Å². The molecule has 4 rings (SSSR count). The van der Waals surface area contributed by atoms with Crippen molar-refractivity contribution in [3.05, 3.63) is 66.5 Å². The Morgan fingerprint density at radius 3 is 2.37 bits per heavy atom. The number of hydrogen-bond donors (Lipinski definition) is 1. The van der Waals surface area contributed by atoms with Gasteiger partial charge in [-0.15, -0.1) is 0 Å². The van der Waals surface area contributed by atoms with Gasteiger partial charge in [-0.25, -0.2) is 9.78 Å². The lowest BCUT2D eigenvalue weighted by Crippen LogP contribution is -2.48. The van der Waals surface area contributed by atoms with Gasteiger partial charge < -0.3 is 10.0 Å². The molecule has 0 bridgehead atoms. The van der Waals surface area contributed by atoms with E-state index in [0.717, 1.165) is 16.6 Å². The smallest absolute Gasteiger partial charge is 0.329 e. The second-order valence-electron chi connectivity index (χ2n) is 7.12. The Labute approximate surface area is 157 Å². The van der Waals surface area contributed by atoms with Gasteiger partial charge in [0.2, 0.25) is 0 Å². The van der Waals surface area contributed by atoms with Crippen molar-refractivity contribution < 1.29 is 14.7 Å². The lowest BCUT2D eigenvalue weighted by atomic mass is 9.74. The molecule has 1 fully saturated rings. The Bertz CT molecular complexity index is 973. The van der Waals surface area contributed by atoms with Crippen molar-refractivity contribution in [3.8, 4) is 0 Å². The fraction of sp³-hybridized carbons (Fsp3) is 0.286. The number of para-hydroxylation sites is 2. The molecule has 0 aliphatic carbocycles. The largest absolute Gasteiger partial charge is 0.481 e. The second-order valence-corrected chi connectivity index (χ2v) is 7.12. The third-order valence-corrected chi connectivity index (χ3v) is 5.49. The summed E-state index contributed by atoms with van der Waals surface area (Å²) in [5, 5.41) is 9.88. The van der Waals surface area contributed by atoms with Crippen molar-refractivity contribution in [2.75, 3.05) is 13.1 Å². The highest BCUT2D eigenvalue weighted by atomic mass is 16.4. The van der Waals surface area contributed by atoms with E-state index >= 15 is 0 Å². The van der Waals surface area contributed by atoms with E-state index in [-0.39, 0.29) is 6.03 Å². The molecule has 1 saturated heterocycles. The highest BCUT2D eigenvalue weighted by molar-refractivity contribution is 5.89. The molecule has 138 valence electrons. The summed E-state index contributed by atoms with van der Waals surface area (Å²) in [5.74, 6) is -0.786. The number of benzene rings is 2. The van der Waals surface area contributed by atoms with Crippen LogP contribution in [0.25, 0.3) is 11.0 Å². The first kappa shape index (κ1) is 17.3. The van der Waals surface area contributed by atoms with E-state index in [1.807, 2.05) is 54.6 Å². The molecule has 1 aliphatic heterocycles. The van der Waals surface area contributed by atoms with Gasteiger partial charge >= 0.3 is 12.0 Å². The molecular formula is C21H21N3O3. The molecule has 27 heavy (non-hydrogen) atoms. The normalized spacial score (nSPS) is 16.4. The number of aliphatic carboxylic acids is 1. The van der Waals surface area contributed by atoms with E-state index in [1.54, 1.807) is 9.47 Å². The van der Waals surface area contributed by atoms with Crippen molar-refractivity contribution >= 4 is 23.0 Å². The average Bonchev–Trinajstić information content (AvgIpc) is 3.13. The number of imidazole rings is 1. The molecule has 0 atom stereocenters. The first-order valence-electron chi connectivity index (χ1n) is 9.08. The van der Waals surface area contributed by atoms with E-state index in [4.69, 9.17) is 0 Å². The van der Waals surface area contributed by atoms with Crippen LogP contribution in [0, 0.1) is 5.41 Å². The van der Waals surface area contributed by atoms with Crippen LogP contribution in [0.3, 0.4) is 0 Å². The van der Waals surface area contributed by atoms with E-state index in [1.165, 1.54) is 6.33 Å². The molecule has 2 heterocycles. The Hall–Kier alpha value is -3.15.